The Labute approximate surface area is 156 Å². The maximum absolute atomic E-state index is 11.7. The molecule has 2 rings (SSSR count). The number of benzene rings is 1. The summed E-state index contributed by atoms with van der Waals surface area (Å²) in [5.74, 6) is 1.21. The SMILES string of the molecule is CCOC(=O)N1CCC(NC(N)=NCCOc2ccc(Br)cc2)CC1. The second-order valence-electron chi connectivity index (χ2n) is 5.67. The number of nitrogens with two attached hydrogens (primary N) is 1. The lowest BCUT2D eigenvalue weighted by molar-refractivity contribution is 0.0963. The quantitative estimate of drug-likeness (QED) is 0.425. The molecule has 0 unspecified atom stereocenters. The van der Waals surface area contributed by atoms with E-state index in [1.807, 2.05) is 31.2 Å². The number of halogens is 1. The lowest BCUT2D eigenvalue weighted by atomic mass is 10.1. The number of carbonyl (C=O) groups is 1. The van der Waals surface area contributed by atoms with Gasteiger partial charge in [-0.15, -0.1) is 0 Å². The summed E-state index contributed by atoms with van der Waals surface area (Å²) in [5.41, 5.74) is 5.92. The number of nitrogens with one attached hydrogen (secondary N) is 1. The average Bonchev–Trinajstić information content (AvgIpc) is 2.61. The first kappa shape index (κ1) is 19.4. The highest BCUT2D eigenvalue weighted by Crippen LogP contribution is 2.16. The number of hydrogen-bond donors (Lipinski definition) is 2. The van der Waals surface area contributed by atoms with E-state index in [1.165, 1.54) is 0 Å². The summed E-state index contributed by atoms with van der Waals surface area (Å²) in [6.45, 7) is 4.48. The topological polar surface area (TPSA) is 89.2 Å². The van der Waals surface area contributed by atoms with Crippen molar-refractivity contribution >= 4 is 28.0 Å². The molecule has 7 nitrogen and oxygen atoms in total. The summed E-state index contributed by atoms with van der Waals surface area (Å²) in [7, 11) is 0. The number of ether oxygens (including phenoxy) is 2. The summed E-state index contributed by atoms with van der Waals surface area (Å²) >= 11 is 3.38. The van der Waals surface area contributed by atoms with Crippen LogP contribution in [0.4, 0.5) is 4.79 Å². The maximum atomic E-state index is 11.7. The van der Waals surface area contributed by atoms with E-state index >= 15 is 0 Å². The van der Waals surface area contributed by atoms with Crippen LogP contribution in [0.15, 0.2) is 33.7 Å². The van der Waals surface area contributed by atoms with Crippen LogP contribution in [0, 0.1) is 0 Å². The number of amides is 1. The Balaban J connectivity index is 1.64. The fourth-order valence-electron chi connectivity index (χ4n) is 2.54. The Morgan fingerprint density at radius 2 is 2.04 bits per heavy atom. The number of nitrogens with zero attached hydrogens (tertiary/aromatic N) is 2. The minimum atomic E-state index is -0.243. The molecule has 1 saturated heterocycles. The molecule has 1 heterocycles. The molecule has 25 heavy (non-hydrogen) atoms. The van der Waals surface area contributed by atoms with E-state index in [0.29, 0.717) is 38.8 Å². The molecule has 0 bridgehead atoms. The average molecular weight is 413 g/mol. The number of piperidine rings is 1. The van der Waals surface area contributed by atoms with Crippen LogP contribution in [0.3, 0.4) is 0 Å². The summed E-state index contributed by atoms with van der Waals surface area (Å²) in [4.78, 5) is 17.7. The van der Waals surface area contributed by atoms with E-state index in [2.05, 4.69) is 26.2 Å². The maximum Gasteiger partial charge on any atom is 0.409 e. The van der Waals surface area contributed by atoms with E-state index in [4.69, 9.17) is 15.2 Å². The summed E-state index contributed by atoms with van der Waals surface area (Å²) in [6.07, 6.45) is 1.40. The molecule has 0 spiro atoms. The Morgan fingerprint density at radius 1 is 1.36 bits per heavy atom. The lowest BCUT2D eigenvalue weighted by Gasteiger charge is -2.31. The van der Waals surface area contributed by atoms with E-state index in [1.54, 1.807) is 4.90 Å². The van der Waals surface area contributed by atoms with Gasteiger partial charge in [-0.1, -0.05) is 15.9 Å². The van der Waals surface area contributed by atoms with Gasteiger partial charge in [0.1, 0.15) is 12.4 Å². The molecule has 0 atom stereocenters. The smallest absolute Gasteiger partial charge is 0.409 e. The third kappa shape index (κ3) is 6.81. The van der Waals surface area contributed by atoms with Crippen molar-refractivity contribution in [1.82, 2.24) is 10.2 Å². The minimum Gasteiger partial charge on any atom is -0.492 e. The van der Waals surface area contributed by atoms with Crippen LogP contribution in [-0.2, 0) is 4.74 Å². The monoisotopic (exact) mass is 412 g/mol. The molecule has 1 fully saturated rings. The zero-order valence-electron chi connectivity index (χ0n) is 14.4. The normalized spacial score (nSPS) is 15.8. The van der Waals surface area contributed by atoms with Gasteiger partial charge in [-0.25, -0.2) is 9.79 Å². The predicted molar refractivity (Wildman–Crippen MR) is 101 cm³/mol. The molecule has 0 saturated carbocycles. The Hall–Kier alpha value is -1.96. The van der Waals surface area contributed by atoms with E-state index in [0.717, 1.165) is 23.1 Å². The minimum absolute atomic E-state index is 0.224. The molecule has 1 amide bonds. The van der Waals surface area contributed by atoms with Gasteiger partial charge in [0.25, 0.3) is 0 Å². The molecule has 1 aliphatic heterocycles. The molecule has 3 N–H and O–H groups in total. The molecule has 0 aliphatic carbocycles. The molecular formula is C17H25BrN4O3. The van der Waals surface area contributed by atoms with Crippen molar-refractivity contribution in [3.05, 3.63) is 28.7 Å². The van der Waals surface area contributed by atoms with Crippen molar-refractivity contribution < 1.29 is 14.3 Å². The zero-order chi connectivity index (χ0) is 18.1. The second-order valence-corrected chi connectivity index (χ2v) is 6.59. The summed E-state index contributed by atoms with van der Waals surface area (Å²) in [6, 6.07) is 7.87. The van der Waals surface area contributed by atoms with Gasteiger partial charge < -0.3 is 25.4 Å². The van der Waals surface area contributed by atoms with Crippen molar-refractivity contribution in [2.75, 3.05) is 32.8 Å². The Bertz CT molecular complexity index is 572. The van der Waals surface area contributed by atoms with Gasteiger partial charge in [0.2, 0.25) is 0 Å². The van der Waals surface area contributed by atoms with Crippen molar-refractivity contribution in [3.63, 3.8) is 0 Å². The van der Waals surface area contributed by atoms with Crippen LogP contribution in [0.1, 0.15) is 19.8 Å². The van der Waals surface area contributed by atoms with Gasteiger partial charge in [0.15, 0.2) is 5.96 Å². The van der Waals surface area contributed by atoms with E-state index in [-0.39, 0.29) is 12.1 Å². The van der Waals surface area contributed by atoms with Crippen molar-refractivity contribution in [3.8, 4) is 5.75 Å². The highest BCUT2D eigenvalue weighted by atomic mass is 79.9. The van der Waals surface area contributed by atoms with Crippen LogP contribution in [0.2, 0.25) is 0 Å². The number of hydrogen-bond acceptors (Lipinski definition) is 4. The lowest BCUT2D eigenvalue weighted by Crippen LogP contribution is -2.48. The fourth-order valence-corrected chi connectivity index (χ4v) is 2.80. The summed E-state index contributed by atoms with van der Waals surface area (Å²) in [5, 5.41) is 3.20. The third-order valence-corrected chi connectivity index (χ3v) is 4.36. The van der Waals surface area contributed by atoms with E-state index < -0.39 is 0 Å². The Morgan fingerprint density at radius 3 is 2.68 bits per heavy atom. The molecule has 0 aromatic heterocycles. The van der Waals surface area contributed by atoms with Crippen LogP contribution in [0.5, 0.6) is 5.75 Å². The number of guanidine groups is 1. The fraction of sp³-hybridized carbons (Fsp3) is 0.529. The van der Waals surface area contributed by atoms with E-state index in [9.17, 15) is 4.79 Å². The first-order chi connectivity index (χ1) is 12.1. The van der Waals surface area contributed by atoms with Crippen LogP contribution in [-0.4, -0.2) is 55.8 Å². The molecule has 1 aliphatic rings. The van der Waals surface area contributed by atoms with Crippen molar-refractivity contribution in [2.24, 2.45) is 10.7 Å². The number of aliphatic imine (C=N–C) groups is 1. The number of likely N-dealkylation sites (tertiary alicyclic amines) is 1. The van der Waals surface area contributed by atoms with Gasteiger partial charge in [0, 0.05) is 23.6 Å². The van der Waals surface area contributed by atoms with Crippen molar-refractivity contribution in [2.45, 2.75) is 25.8 Å². The number of carbonyl (C=O) groups excluding carboxylic acids is 1. The molecule has 0 radical (unpaired) electrons. The first-order valence-corrected chi connectivity index (χ1v) is 9.24. The van der Waals surface area contributed by atoms with Gasteiger partial charge in [-0.2, -0.15) is 0 Å². The van der Waals surface area contributed by atoms with Crippen molar-refractivity contribution in [1.29, 1.82) is 0 Å². The second kappa shape index (κ2) is 10.1. The van der Waals surface area contributed by atoms with Gasteiger partial charge in [0.05, 0.1) is 13.2 Å². The highest BCUT2D eigenvalue weighted by Gasteiger charge is 2.23. The Kier molecular flexibility index (Phi) is 7.84. The number of rotatable bonds is 6. The largest absolute Gasteiger partial charge is 0.492 e. The van der Waals surface area contributed by atoms with Gasteiger partial charge in [-0.05, 0) is 44.0 Å². The predicted octanol–water partition coefficient (Wildman–Crippen LogP) is 2.35. The standard InChI is InChI=1S/C17H25BrN4O3/c1-2-24-17(23)22-10-7-14(8-11-22)21-16(19)20-9-12-25-15-5-3-13(18)4-6-15/h3-6,14H,2,7-12H2,1H3,(H3,19,20,21). The molecule has 8 heteroatoms. The molecular weight excluding hydrogens is 388 g/mol. The molecule has 1 aromatic rings. The molecule has 138 valence electrons. The third-order valence-electron chi connectivity index (χ3n) is 3.83. The highest BCUT2D eigenvalue weighted by molar-refractivity contribution is 9.10. The van der Waals surface area contributed by atoms with Crippen LogP contribution >= 0.6 is 15.9 Å². The molecule has 1 aromatic carbocycles. The van der Waals surface area contributed by atoms with Crippen LogP contribution < -0.4 is 15.8 Å². The van der Waals surface area contributed by atoms with Gasteiger partial charge in [-0.3, -0.25) is 0 Å². The summed E-state index contributed by atoms with van der Waals surface area (Å²) < 4.78 is 11.6. The zero-order valence-corrected chi connectivity index (χ0v) is 16.0. The van der Waals surface area contributed by atoms with Crippen LogP contribution in [0.25, 0.3) is 0 Å². The van der Waals surface area contributed by atoms with Gasteiger partial charge >= 0.3 is 6.09 Å². The first-order valence-electron chi connectivity index (χ1n) is 8.45.